The summed E-state index contributed by atoms with van der Waals surface area (Å²) < 4.78 is 16.2. The van der Waals surface area contributed by atoms with Crippen LogP contribution < -0.4 is 10.2 Å². The Morgan fingerprint density at radius 3 is 2.67 bits per heavy atom. The second kappa shape index (κ2) is 8.40. The van der Waals surface area contributed by atoms with Crippen LogP contribution in [-0.4, -0.2) is 24.3 Å². The van der Waals surface area contributed by atoms with Gasteiger partial charge in [0.25, 0.3) is 0 Å². The molecule has 3 rings (SSSR count). The fourth-order valence-electron chi connectivity index (χ4n) is 2.59. The minimum atomic E-state index is -0.498. The van der Waals surface area contributed by atoms with Crippen LogP contribution in [0.5, 0.6) is 11.5 Å². The van der Waals surface area contributed by atoms with E-state index in [1.807, 2.05) is 37.3 Å². The summed E-state index contributed by atoms with van der Waals surface area (Å²) in [5.74, 6) is -0.179. The van der Waals surface area contributed by atoms with Crippen molar-refractivity contribution in [1.29, 1.82) is 0 Å². The van der Waals surface area contributed by atoms with E-state index in [1.54, 1.807) is 0 Å². The van der Waals surface area contributed by atoms with Gasteiger partial charge in [-0.15, -0.1) is 0 Å². The summed E-state index contributed by atoms with van der Waals surface area (Å²) in [5, 5.41) is 10.2. The predicted octanol–water partition coefficient (Wildman–Crippen LogP) is 3.89. The van der Waals surface area contributed by atoms with Crippen molar-refractivity contribution >= 4 is 16.9 Å². The van der Waals surface area contributed by atoms with Crippen LogP contribution in [0.1, 0.15) is 19.8 Å². The summed E-state index contributed by atoms with van der Waals surface area (Å²) in [4.78, 5) is 24.0. The lowest BCUT2D eigenvalue weighted by Crippen LogP contribution is -2.15. The van der Waals surface area contributed by atoms with Crippen molar-refractivity contribution in [2.45, 2.75) is 19.8 Å². The predicted molar refractivity (Wildman–Crippen MR) is 101 cm³/mol. The summed E-state index contributed by atoms with van der Waals surface area (Å²) >= 11 is 0. The van der Waals surface area contributed by atoms with Gasteiger partial charge in [0.05, 0.1) is 6.61 Å². The zero-order valence-electron chi connectivity index (χ0n) is 14.9. The largest absolute Gasteiger partial charge is 0.507 e. The van der Waals surface area contributed by atoms with Gasteiger partial charge < -0.3 is 19.0 Å². The maximum Gasteiger partial charge on any atom is 0.344 e. The molecule has 0 unspecified atom stereocenters. The maximum absolute atomic E-state index is 12.4. The normalized spacial score (nSPS) is 10.7. The first-order valence-corrected chi connectivity index (χ1v) is 8.73. The molecule has 3 aromatic rings. The fraction of sp³-hybridized carbons (Fsp3) is 0.238. The van der Waals surface area contributed by atoms with Crippen LogP contribution in [0.4, 0.5) is 0 Å². The number of hydrogen-bond donors (Lipinski definition) is 1. The summed E-state index contributed by atoms with van der Waals surface area (Å²) in [6.45, 7) is 2.05. The van der Waals surface area contributed by atoms with Crippen LogP contribution in [0, 0.1) is 0 Å². The van der Waals surface area contributed by atoms with Crippen LogP contribution in [0.15, 0.2) is 57.7 Å². The number of esters is 1. The number of ether oxygens (including phenoxy) is 2. The van der Waals surface area contributed by atoms with Gasteiger partial charge in [0, 0.05) is 23.8 Å². The SMILES string of the molecule is CCCCOC(=O)COc1cc(O)c2c(=O)cc(-c3ccccc3)oc2c1. The lowest BCUT2D eigenvalue weighted by atomic mass is 10.1. The van der Waals surface area contributed by atoms with E-state index < -0.39 is 5.97 Å². The van der Waals surface area contributed by atoms with E-state index in [9.17, 15) is 14.7 Å². The van der Waals surface area contributed by atoms with E-state index in [-0.39, 0.29) is 34.5 Å². The van der Waals surface area contributed by atoms with Crippen molar-refractivity contribution in [3.8, 4) is 22.8 Å². The highest BCUT2D eigenvalue weighted by atomic mass is 16.6. The maximum atomic E-state index is 12.4. The molecule has 0 aliphatic rings. The number of rotatable bonds is 7. The molecule has 1 aromatic heterocycles. The third-order valence-corrected chi connectivity index (χ3v) is 3.96. The van der Waals surface area contributed by atoms with Gasteiger partial charge in [-0.2, -0.15) is 0 Å². The Bertz CT molecular complexity index is 991. The van der Waals surface area contributed by atoms with Crippen LogP contribution >= 0.6 is 0 Å². The van der Waals surface area contributed by atoms with Gasteiger partial charge in [0.15, 0.2) is 12.0 Å². The molecule has 140 valence electrons. The standard InChI is InChI=1S/C21H20O6/c1-2-3-9-25-20(24)13-26-15-10-16(22)21-17(23)12-18(27-19(21)11-15)14-7-5-4-6-8-14/h4-8,10-12,22H,2-3,9,13H2,1H3. The molecule has 0 bridgehead atoms. The van der Waals surface area contributed by atoms with Crippen molar-refractivity contribution < 1.29 is 23.8 Å². The monoisotopic (exact) mass is 368 g/mol. The summed E-state index contributed by atoms with van der Waals surface area (Å²) in [5.41, 5.74) is 0.552. The zero-order chi connectivity index (χ0) is 19.2. The molecule has 1 heterocycles. The summed E-state index contributed by atoms with van der Waals surface area (Å²) in [6.07, 6.45) is 1.71. The average molecular weight is 368 g/mol. The number of benzene rings is 2. The van der Waals surface area contributed by atoms with Crippen LogP contribution in [0.25, 0.3) is 22.3 Å². The van der Waals surface area contributed by atoms with Crippen LogP contribution in [-0.2, 0) is 9.53 Å². The Labute approximate surface area is 156 Å². The van der Waals surface area contributed by atoms with E-state index in [4.69, 9.17) is 13.9 Å². The Morgan fingerprint density at radius 1 is 1.15 bits per heavy atom. The molecule has 0 atom stereocenters. The number of carbonyl (C=O) groups excluding carboxylic acids is 1. The molecule has 0 spiro atoms. The molecule has 0 aliphatic carbocycles. The molecule has 0 aliphatic heterocycles. The van der Waals surface area contributed by atoms with Crippen LogP contribution in [0.3, 0.4) is 0 Å². The van der Waals surface area contributed by atoms with Crippen molar-refractivity contribution in [2.24, 2.45) is 0 Å². The first-order chi connectivity index (χ1) is 13.1. The Balaban J connectivity index is 1.86. The molecule has 6 nitrogen and oxygen atoms in total. The van der Waals surface area contributed by atoms with E-state index in [0.29, 0.717) is 12.4 Å². The van der Waals surface area contributed by atoms with E-state index in [2.05, 4.69) is 0 Å². The molecule has 1 N–H and O–H groups in total. The molecular formula is C21H20O6. The second-order valence-electron chi connectivity index (χ2n) is 6.02. The van der Waals surface area contributed by atoms with Gasteiger partial charge >= 0.3 is 5.97 Å². The first-order valence-electron chi connectivity index (χ1n) is 8.73. The number of carbonyl (C=O) groups is 1. The molecule has 0 fully saturated rings. The number of unbranched alkanes of at least 4 members (excludes halogenated alkanes) is 1. The lowest BCUT2D eigenvalue weighted by molar-refractivity contribution is -0.146. The van der Waals surface area contributed by atoms with E-state index >= 15 is 0 Å². The highest BCUT2D eigenvalue weighted by Gasteiger charge is 2.13. The first kappa shape index (κ1) is 18.5. The van der Waals surface area contributed by atoms with Gasteiger partial charge in [-0.25, -0.2) is 4.79 Å². The Kier molecular flexibility index (Phi) is 5.76. The molecule has 0 amide bonds. The van der Waals surface area contributed by atoms with Gasteiger partial charge in [0.2, 0.25) is 0 Å². The highest BCUT2D eigenvalue weighted by Crippen LogP contribution is 2.31. The number of phenolic OH excluding ortho intramolecular Hbond substituents is 1. The van der Waals surface area contributed by atoms with Gasteiger partial charge in [-0.3, -0.25) is 4.79 Å². The molecule has 0 saturated carbocycles. The van der Waals surface area contributed by atoms with E-state index in [1.165, 1.54) is 18.2 Å². The van der Waals surface area contributed by atoms with Crippen LogP contribution in [0.2, 0.25) is 0 Å². The number of hydrogen-bond acceptors (Lipinski definition) is 6. The van der Waals surface area contributed by atoms with Gasteiger partial charge in [-0.05, 0) is 6.42 Å². The highest BCUT2D eigenvalue weighted by molar-refractivity contribution is 5.86. The Hall–Kier alpha value is -3.28. The Morgan fingerprint density at radius 2 is 1.93 bits per heavy atom. The zero-order valence-corrected chi connectivity index (χ0v) is 14.9. The molecule has 2 aromatic carbocycles. The van der Waals surface area contributed by atoms with Crippen molar-refractivity contribution in [2.75, 3.05) is 13.2 Å². The van der Waals surface area contributed by atoms with Gasteiger partial charge in [0.1, 0.15) is 28.2 Å². The molecule has 6 heteroatoms. The smallest absolute Gasteiger partial charge is 0.344 e. The topological polar surface area (TPSA) is 86.0 Å². The fourth-order valence-corrected chi connectivity index (χ4v) is 2.59. The molecule has 0 saturated heterocycles. The lowest BCUT2D eigenvalue weighted by Gasteiger charge is -2.09. The minimum Gasteiger partial charge on any atom is -0.507 e. The summed E-state index contributed by atoms with van der Waals surface area (Å²) in [7, 11) is 0. The second-order valence-corrected chi connectivity index (χ2v) is 6.02. The average Bonchev–Trinajstić information content (AvgIpc) is 2.66. The van der Waals surface area contributed by atoms with Crippen molar-refractivity contribution in [3.05, 3.63) is 58.8 Å². The quantitative estimate of drug-likeness (QED) is 0.503. The minimum absolute atomic E-state index is 0.0625. The number of fused-ring (bicyclic) bond motifs is 1. The van der Waals surface area contributed by atoms with Crippen molar-refractivity contribution in [1.82, 2.24) is 0 Å². The van der Waals surface area contributed by atoms with Crippen molar-refractivity contribution in [3.63, 3.8) is 0 Å². The molecule has 27 heavy (non-hydrogen) atoms. The third kappa shape index (κ3) is 4.47. The molecular weight excluding hydrogens is 348 g/mol. The summed E-state index contributed by atoms with van der Waals surface area (Å²) in [6, 6.07) is 13.3. The third-order valence-electron chi connectivity index (χ3n) is 3.96. The number of aromatic hydroxyl groups is 1. The van der Waals surface area contributed by atoms with Gasteiger partial charge in [-0.1, -0.05) is 43.7 Å². The molecule has 0 radical (unpaired) electrons. The number of phenols is 1. The van der Waals surface area contributed by atoms with E-state index in [0.717, 1.165) is 18.4 Å².